The van der Waals surface area contributed by atoms with Crippen molar-refractivity contribution in [1.29, 1.82) is 0 Å². The third kappa shape index (κ3) is 19.3. The van der Waals surface area contributed by atoms with Crippen LogP contribution in [-0.2, 0) is 53.1 Å². The van der Waals surface area contributed by atoms with Crippen LogP contribution in [-0.4, -0.2) is 137 Å². The van der Waals surface area contributed by atoms with Gasteiger partial charge in [-0.15, -0.1) is 0 Å². The van der Waals surface area contributed by atoms with Gasteiger partial charge in [-0.25, -0.2) is 0 Å². The van der Waals surface area contributed by atoms with Crippen LogP contribution in [0.3, 0.4) is 0 Å². The molecule has 0 spiro atoms. The van der Waals surface area contributed by atoms with Gasteiger partial charge >= 0.3 is 35.2 Å². The lowest BCUT2D eigenvalue weighted by Crippen LogP contribution is -2.44. The van der Waals surface area contributed by atoms with E-state index in [-0.39, 0.29) is 0 Å². The van der Waals surface area contributed by atoms with Gasteiger partial charge in [0.2, 0.25) is 0 Å². The van der Waals surface area contributed by atoms with E-state index in [9.17, 15) is 0 Å². The molecule has 0 aliphatic heterocycles. The van der Waals surface area contributed by atoms with Gasteiger partial charge in [-0.2, -0.15) is 0 Å². The second kappa shape index (κ2) is 29.1. The van der Waals surface area contributed by atoms with E-state index in [0.717, 1.165) is 55.8 Å². The van der Waals surface area contributed by atoms with Crippen molar-refractivity contribution in [2.45, 2.75) is 145 Å². The van der Waals surface area contributed by atoms with Crippen molar-refractivity contribution in [3.05, 3.63) is 0 Å². The summed E-state index contributed by atoms with van der Waals surface area (Å²) >= 11 is 0. The molecule has 0 saturated heterocycles. The highest BCUT2D eigenvalue weighted by Crippen LogP contribution is 2.36. The molecule has 0 aromatic carbocycles. The molecule has 54 heavy (non-hydrogen) atoms. The number of rotatable bonds is 38. The van der Waals surface area contributed by atoms with Crippen molar-refractivity contribution in [3.8, 4) is 0 Å². The minimum Gasteiger partial charge on any atom is -0.377 e. The predicted octanol–water partition coefficient (Wildman–Crippen LogP) is 9.19. The van der Waals surface area contributed by atoms with Crippen LogP contribution in [0.2, 0.25) is 73.5 Å². The lowest BCUT2D eigenvalue weighted by Gasteiger charge is -2.32. The summed E-state index contributed by atoms with van der Waals surface area (Å²) in [5.41, 5.74) is 0. The summed E-state index contributed by atoms with van der Waals surface area (Å²) in [6, 6.07) is 11.0. The highest BCUT2D eigenvalue weighted by Gasteiger charge is 2.42. The molecule has 0 bridgehead atoms. The molecule has 0 radical (unpaired) electrons. The third-order valence-electron chi connectivity index (χ3n) is 12.3. The molecule has 12 nitrogen and oxygen atoms in total. The van der Waals surface area contributed by atoms with Gasteiger partial charge in [0.05, 0.1) is 16.1 Å². The van der Waals surface area contributed by atoms with Crippen LogP contribution in [0.5, 0.6) is 0 Å². The molecule has 0 amide bonds. The highest BCUT2D eigenvalue weighted by molar-refractivity contribution is 6.79. The van der Waals surface area contributed by atoms with Crippen molar-refractivity contribution >= 4 is 51.4 Å². The van der Waals surface area contributed by atoms with Crippen LogP contribution in [0.1, 0.15) is 71.1 Å². The van der Waals surface area contributed by atoms with E-state index in [1.54, 1.807) is 85.3 Å². The standard InChI is InChI=1S/C36H86O12Si6/c1-16-23-36(24-17-26-49(14,28-19-32-51(37-2,38-3)39-4)29-20-33-52(40-5,41-6)42-7)25-18-27-50(15,30-21-34-53(43-8,44-9)45-10)31-22-35-54(46-11,47-12)48-13/h36H,16-35H2,1-15H3. The van der Waals surface area contributed by atoms with Crippen LogP contribution < -0.4 is 0 Å². The van der Waals surface area contributed by atoms with Crippen molar-refractivity contribution in [2.24, 2.45) is 5.92 Å². The van der Waals surface area contributed by atoms with E-state index in [1.807, 2.05) is 0 Å². The van der Waals surface area contributed by atoms with Crippen LogP contribution in [0.15, 0.2) is 0 Å². The topological polar surface area (TPSA) is 111 Å². The molecule has 18 heteroatoms. The summed E-state index contributed by atoms with van der Waals surface area (Å²) in [4.78, 5) is 0. The molecule has 0 aliphatic carbocycles. The van der Waals surface area contributed by atoms with Crippen LogP contribution in [0.4, 0.5) is 0 Å². The predicted molar refractivity (Wildman–Crippen MR) is 234 cm³/mol. The largest absolute Gasteiger partial charge is 0.500 e. The second-order valence-corrected chi connectivity index (χ2v) is 38.3. The molecule has 0 N–H and O–H groups in total. The van der Waals surface area contributed by atoms with Gasteiger partial charge in [-0.3, -0.25) is 0 Å². The van der Waals surface area contributed by atoms with Crippen molar-refractivity contribution in [2.75, 3.05) is 85.3 Å². The molecule has 0 aromatic heterocycles. The van der Waals surface area contributed by atoms with Gasteiger partial charge in [0, 0.05) is 109 Å². The molecule has 0 atom stereocenters. The Kier molecular flexibility index (Phi) is 29.6. The van der Waals surface area contributed by atoms with E-state index >= 15 is 0 Å². The smallest absolute Gasteiger partial charge is 0.377 e. The summed E-state index contributed by atoms with van der Waals surface area (Å²) in [6.07, 6.45) is 12.0. The van der Waals surface area contributed by atoms with Crippen LogP contribution >= 0.6 is 0 Å². The normalized spacial score (nSPS) is 13.8. The van der Waals surface area contributed by atoms with Crippen molar-refractivity contribution < 1.29 is 53.1 Å². The van der Waals surface area contributed by atoms with Gasteiger partial charge in [-0.1, -0.05) is 120 Å². The molecule has 0 saturated carbocycles. The fourth-order valence-corrected chi connectivity index (χ4v) is 24.4. The fourth-order valence-electron chi connectivity index (χ4n) is 8.38. The Balaban J connectivity index is 5.71. The zero-order valence-corrected chi connectivity index (χ0v) is 43.6. The molecular weight excluding hydrogens is 793 g/mol. The van der Waals surface area contributed by atoms with E-state index < -0.39 is 51.4 Å². The van der Waals surface area contributed by atoms with E-state index in [2.05, 4.69) is 20.0 Å². The molecule has 0 heterocycles. The molecular formula is C36H86O12Si6. The first-order valence-electron chi connectivity index (χ1n) is 20.3. The summed E-state index contributed by atoms with van der Waals surface area (Å²) < 4.78 is 69.2. The Bertz CT molecular complexity index is 758. The summed E-state index contributed by atoms with van der Waals surface area (Å²) in [5, 5.41) is 0. The summed E-state index contributed by atoms with van der Waals surface area (Å²) in [6.45, 7) is 7.55. The summed E-state index contributed by atoms with van der Waals surface area (Å²) in [5.74, 6) is 0.767. The summed E-state index contributed by atoms with van der Waals surface area (Å²) in [7, 11) is 6.99. The Morgan fingerprint density at radius 2 is 0.500 bits per heavy atom. The average Bonchev–Trinajstić information content (AvgIpc) is 3.19. The Labute approximate surface area is 339 Å². The van der Waals surface area contributed by atoms with Crippen LogP contribution in [0.25, 0.3) is 0 Å². The molecule has 0 fully saturated rings. The zero-order valence-electron chi connectivity index (χ0n) is 37.6. The third-order valence-corrected chi connectivity index (χ3v) is 33.0. The average molecular weight is 880 g/mol. The lowest BCUT2D eigenvalue weighted by molar-refractivity contribution is 0.122. The second-order valence-electron chi connectivity index (χ2n) is 15.7. The Morgan fingerprint density at radius 3 is 0.685 bits per heavy atom. The molecule has 326 valence electrons. The SMILES string of the molecule is CCCC(CCC[Si](C)(CCC[Si](OC)(OC)OC)CCC[Si](OC)(OC)OC)CCC[Si](C)(CCC[Si](OC)(OC)OC)CCC[Si](OC)(OC)OC. The molecule has 0 unspecified atom stereocenters. The van der Waals surface area contributed by atoms with Gasteiger partial charge in [0.15, 0.2) is 0 Å². The fraction of sp³-hybridized carbons (Fsp3) is 1.00. The van der Waals surface area contributed by atoms with E-state index in [4.69, 9.17) is 53.1 Å². The Morgan fingerprint density at radius 1 is 0.296 bits per heavy atom. The first-order valence-corrected chi connectivity index (χ1v) is 34.3. The van der Waals surface area contributed by atoms with Gasteiger partial charge in [0.1, 0.15) is 0 Å². The first-order chi connectivity index (χ1) is 25.7. The van der Waals surface area contributed by atoms with E-state index in [1.165, 1.54) is 74.8 Å². The quantitative estimate of drug-likeness (QED) is 0.0552. The Hall–Kier alpha value is 0.821. The molecule has 0 aliphatic rings. The minimum absolute atomic E-state index is 0.767. The lowest BCUT2D eigenvalue weighted by atomic mass is 9.94. The van der Waals surface area contributed by atoms with Gasteiger partial charge < -0.3 is 53.1 Å². The van der Waals surface area contributed by atoms with Crippen molar-refractivity contribution in [1.82, 2.24) is 0 Å². The maximum atomic E-state index is 5.76. The zero-order chi connectivity index (χ0) is 41.2. The minimum atomic E-state index is -2.60. The van der Waals surface area contributed by atoms with Gasteiger partial charge in [-0.05, 0) is 5.92 Å². The molecule has 0 aromatic rings. The highest BCUT2D eigenvalue weighted by atomic mass is 28.4. The number of hydrogen-bond donors (Lipinski definition) is 0. The van der Waals surface area contributed by atoms with Gasteiger partial charge in [0.25, 0.3) is 0 Å². The van der Waals surface area contributed by atoms with Crippen LogP contribution in [0, 0.1) is 5.92 Å². The maximum Gasteiger partial charge on any atom is 0.500 e. The number of hydrogen-bond acceptors (Lipinski definition) is 12. The first kappa shape index (κ1) is 54.8. The van der Waals surface area contributed by atoms with Crippen molar-refractivity contribution in [3.63, 3.8) is 0 Å². The molecule has 0 rings (SSSR count). The maximum absolute atomic E-state index is 5.76. The van der Waals surface area contributed by atoms with E-state index in [0.29, 0.717) is 0 Å². The monoisotopic (exact) mass is 878 g/mol.